The number of ether oxygens (including phenoxy) is 4. The molecule has 2 heterocycles. The molecule has 560 valence electrons. The number of amides is 1. The van der Waals surface area contributed by atoms with Gasteiger partial charge in [-0.2, -0.15) is 0 Å². The van der Waals surface area contributed by atoms with Crippen molar-refractivity contribution in [1.82, 2.24) is 5.32 Å². The number of unbranched alkanes of at least 4 members (excludes halogenated alkanes) is 52. The van der Waals surface area contributed by atoms with Gasteiger partial charge in [-0.15, -0.1) is 0 Å². The Morgan fingerprint density at radius 2 is 0.674 bits per heavy atom. The zero-order valence-electron chi connectivity index (χ0n) is 61.4. The Morgan fingerprint density at radius 1 is 0.368 bits per heavy atom. The molecule has 95 heavy (non-hydrogen) atoms. The summed E-state index contributed by atoms with van der Waals surface area (Å²) in [7, 11) is 0. The molecule has 0 aromatic heterocycles. The molecule has 0 radical (unpaired) electrons. The van der Waals surface area contributed by atoms with Gasteiger partial charge in [-0.3, -0.25) is 4.79 Å². The molecule has 2 rings (SSSR count). The van der Waals surface area contributed by atoms with Crippen molar-refractivity contribution < 1.29 is 64.6 Å². The number of rotatable bonds is 69. The third-order valence-corrected chi connectivity index (χ3v) is 20.0. The van der Waals surface area contributed by atoms with Crippen LogP contribution >= 0.6 is 0 Å². The lowest BCUT2D eigenvalue weighted by molar-refractivity contribution is -0.359. The Bertz CT molecular complexity index is 1730. The number of aliphatic hydroxyl groups is 8. The van der Waals surface area contributed by atoms with Gasteiger partial charge in [0.15, 0.2) is 12.6 Å². The molecule has 2 saturated heterocycles. The number of aliphatic hydroxyl groups excluding tert-OH is 8. The first-order valence-electron chi connectivity index (χ1n) is 40.7. The molecule has 0 aromatic carbocycles. The van der Waals surface area contributed by atoms with Crippen molar-refractivity contribution in [3.63, 3.8) is 0 Å². The van der Waals surface area contributed by atoms with E-state index in [9.17, 15) is 45.6 Å². The van der Waals surface area contributed by atoms with Gasteiger partial charge in [0.25, 0.3) is 0 Å². The van der Waals surface area contributed by atoms with Crippen LogP contribution in [0, 0.1) is 0 Å². The number of carbonyl (C=O) groups excluding carboxylic acids is 1. The van der Waals surface area contributed by atoms with E-state index in [0.717, 1.165) is 32.1 Å². The summed E-state index contributed by atoms with van der Waals surface area (Å²) in [4.78, 5) is 13.4. The van der Waals surface area contributed by atoms with Gasteiger partial charge in [-0.05, 0) is 57.8 Å². The van der Waals surface area contributed by atoms with Crippen LogP contribution in [0.15, 0.2) is 36.5 Å². The normalized spacial score (nSPS) is 22.5. The summed E-state index contributed by atoms with van der Waals surface area (Å²) in [6.07, 6.45) is 69.6. The van der Waals surface area contributed by atoms with E-state index in [1.54, 1.807) is 6.08 Å². The molecule has 12 atom stereocenters. The summed E-state index contributed by atoms with van der Waals surface area (Å²) >= 11 is 0. The van der Waals surface area contributed by atoms with Crippen LogP contribution in [0.5, 0.6) is 0 Å². The maximum atomic E-state index is 13.4. The Balaban J connectivity index is 1.59. The first-order valence-corrected chi connectivity index (χ1v) is 40.7. The molecule has 12 unspecified atom stereocenters. The van der Waals surface area contributed by atoms with E-state index in [4.69, 9.17) is 18.9 Å². The molecule has 2 fully saturated rings. The predicted molar refractivity (Wildman–Crippen MR) is 392 cm³/mol. The maximum Gasteiger partial charge on any atom is 0.220 e. The monoisotopic (exact) mass is 1350 g/mol. The molecule has 2 aliphatic heterocycles. The van der Waals surface area contributed by atoms with E-state index in [1.807, 2.05) is 6.08 Å². The maximum absolute atomic E-state index is 13.4. The Morgan fingerprint density at radius 3 is 1.03 bits per heavy atom. The first kappa shape index (κ1) is 89.3. The van der Waals surface area contributed by atoms with Gasteiger partial charge in [0, 0.05) is 6.42 Å². The molecule has 0 saturated carbocycles. The summed E-state index contributed by atoms with van der Waals surface area (Å²) in [5.41, 5.74) is 0. The van der Waals surface area contributed by atoms with Gasteiger partial charge < -0.3 is 65.1 Å². The molecule has 9 N–H and O–H groups in total. The fourth-order valence-electron chi connectivity index (χ4n) is 13.6. The van der Waals surface area contributed by atoms with Crippen LogP contribution in [0.25, 0.3) is 0 Å². The molecule has 1 amide bonds. The third kappa shape index (κ3) is 48.6. The van der Waals surface area contributed by atoms with Gasteiger partial charge in [0.2, 0.25) is 5.91 Å². The molecular formula is C81H153NO13. The van der Waals surface area contributed by atoms with Crippen LogP contribution < -0.4 is 5.32 Å². The molecule has 2 aliphatic rings. The van der Waals surface area contributed by atoms with E-state index in [2.05, 4.69) is 43.5 Å². The van der Waals surface area contributed by atoms with E-state index < -0.39 is 86.8 Å². The van der Waals surface area contributed by atoms with Crippen molar-refractivity contribution in [2.45, 2.75) is 453 Å². The highest BCUT2D eigenvalue weighted by Crippen LogP contribution is 2.30. The Kier molecular flexibility index (Phi) is 61.6. The number of hydrogen-bond acceptors (Lipinski definition) is 13. The SMILES string of the molecule is CCCCCCCCCC/C=C\CCCCCCCCCCCCCCCCCCCCCCCCCCCC(=O)NC(COC1OC(CO)C(OC2OC(CO)C(O)C(O)C2O)C(O)C1O)C(O)/C=C/CC/C=C/CCCCCCCCCCCCCCCCCCCC. The standard InChI is InChI=1S/C81H153NO13/c1-3-5-7-9-11-13-15-17-19-21-23-25-27-29-30-31-32-33-34-35-36-37-38-39-40-41-43-45-47-49-51-53-55-57-59-61-63-65-73(86)82-69(68-92-80-78(91)76(89)79(72(67-84)94-80)95-81-77(90)75(88)74(87)71(66-83)93-81)70(85)64-62-60-58-56-54-52-50-48-46-44-42-28-26-24-22-20-18-16-14-12-10-8-6-4-2/h21,23,54,56,62,64,69-72,74-81,83-85,87-91H,3-20,22,24-53,55,57-61,63,65-68H2,1-2H3,(H,82,86)/b23-21-,56-54+,64-62+. The van der Waals surface area contributed by atoms with Crippen molar-refractivity contribution in [3.05, 3.63) is 36.5 Å². The molecular weight excluding hydrogens is 1190 g/mol. The lowest BCUT2D eigenvalue weighted by atomic mass is 9.97. The summed E-state index contributed by atoms with van der Waals surface area (Å²) < 4.78 is 22.9. The van der Waals surface area contributed by atoms with Gasteiger partial charge in [-0.1, -0.05) is 352 Å². The smallest absolute Gasteiger partial charge is 0.220 e. The van der Waals surface area contributed by atoms with Crippen LogP contribution in [0.3, 0.4) is 0 Å². The first-order chi connectivity index (χ1) is 46.6. The number of nitrogens with one attached hydrogen (secondary N) is 1. The van der Waals surface area contributed by atoms with Gasteiger partial charge in [0.1, 0.15) is 48.8 Å². The molecule has 0 bridgehead atoms. The lowest BCUT2D eigenvalue weighted by Crippen LogP contribution is -2.65. The molecule has 0 spiro atoms. The van der Waals surface area contributed by atoms with Crippen molar-refractivity contribution >= 4 is 5.91 Å². The number of carbonyl (C=O) groups is 1. The van der Waals surface area contributed by atoms with Crippen molar-refractivity contribution in [3.8, 4) is 0 Å². The van der Waals surface area contributed by atoms with Crippen molar-refractivity contribution in [1.29, 1.82) is 0 Å². The zero-order valence-corrected chi connectivity index (χ0v) is 61.4. The second kappa shape index (κ2) is 65.5. The highest BCUT2D eigenvalue weighted by atomic mass is 16.7. The van der Waals surface area contributed by atoms with Crippen LogP contribution in [-0.2, 0) is 23.7 Å². The minimum Gasteiger partial charge on any atom is -0.394 e. The summed E-state index contributed by atoms with van der Waals surface area (Å²) in [5.74, 6) is -0.241. The Hall–Kier alpha value is -1.79. The highest BCUT2D eigenvalue weighted by molar-refractivity contribution is 5.76. The summed E-state index contributed by atoms with van der Waals surface area (Å²) in [6.45, 7) is 2.85. The minimum absolute atomic E-state index is 0.241. The minimum atomic E-state index is -1.79. The second-order valence-electron chi connectivity index (χ2n) is 28.9. The Labute approximate surface area is 582 Å². The molecule has 14 heteroatoms. The fraction of sp³-hybridized carbons (Fsp3) is 0.914. The molecule has 0 aromatic rings. The van der Waals surface area contributed by atoms with E-state index >= 15 is 0 Å². The topological polar surface area (TPSA) is 228 Å². The summed E-state index contributed by atoms with van der Waals surface area (Å²) in [6, 6.07) is -0.931. The predicted octanol–water partition coefficient (Wildman–Crippen LogP) is 18.4. The summed E-state index contributed by atoms with van der Waals surface area (Å²) in [5, 5.41) is 87.6. The van der Waals surface area contributed by atoms with Crippen molar-refractivity contribution in [2.75, 3.05) is 19.8 Å². The van der Waals surface area contributed by atoms with Gasteiger partial charge in [0.05, 0.1) is 32.0 Å². The fourth-order valence-corrected chi connectivity index (χ4v) is 13.6. The van der Waals surface area contributed by atoms with E-state index in [0.29, 0.717) is 12.8 Å². The van der Waals surface area contributed by atoms with E-state index in [-0.39, 0.29) is 18.9 Å². The van der Waals surface area contributed by atoms with Crippen LogP contribution in [0.4, 0.5) is 0 Å². The lowest BCUT2D eigenvalue weighted by Gasteiger charge is -2.46. The number of allylic oxidation sites excluding steroid dienone is 5. The molecule has 14 nitrogen and oxygen atoms in total. The van der Waals surface area contributed by atoms with Gasteiger partial charge >= 0.3 is 0 Å². The van der Waals surface area contributed by atoms with Gasteiger partial charge in [-0.25, -0.2) is 0 Å². The van der Waals surface area contributed by atoms with E-state index in [1.165, 1.54) is 315 Å². The van der Waals surface area contributed by atoms with Crippen LogP contribution in [0.2, 0.25) is 0 Å². The number of hydrogen-bond donors (Lipinski definition) is 9. The quantitative estimate of drug-likeness (QED) is 0.0204. The van der Waals surface area contributed by atoms with Crippen LogP contribution in [-0.4, -0.2) is 140 Å². The zero-order chi connectivity index (χ0) is 68.7. The highest BCUT2D eigenvalue weighted by Gasteiger charge is 2.51. The second-order valence-corrected chi connectivity index (χ2v) is 28.9. The average Bonchev–Trinajstić information content (AvgIpc) is 0.927. The third-order valence-electron chi connectivity index (χ3n) is 20.0. The largest absolute Gasteiger partial charge is 0.394 e. The average molecular weight is 1350 g/mol. The molecule has 0 aliphatic carbocycles. The van der Waals surface area contributed by atoms with Crippen molar-refractivity contribution in [2.24, 2.45) is 0 Å². The van der Waals surface area contributed by atoms with Crippen LogP contribution in [0.1, 0.15) is 380 Å².